The fourth-order valence-electron chi connectivity index (χ4n) is 2.48. The molecule has 2 atom stereocenters. The molecule has 0 fully saturated rings. The normalized spacial score (nSPS) is 21.4. The maximum atomic E-state index is 3.49. The second-order valence-electron chi connectivity index (χ2n) is 4.34. The number of fused-ring (bicyclic) bond motifs is 1. The Morgan fingerprint density at radius 1 is 1.43 bits per heavy atom. The zero-order valence-electron chi connectivity index (χ0n) is 9.09. The smallest absolute Gasteiger partial charge is 0.0376 e. The van der Waals surface area contributed by atoms with Gasteiger partial charge in [-0.05, 0) is 17.5 Å². The first-order valence-corrected chi connectivity index (χ1v) is 5.65. The summed E-state index contributed by atoms with van der Waals surface area (Å²) in [5.74, 6) is 1.53. The van der Waals surface area contributed by atoms with Gasteiger partial charge in [-0.1, -0.05) is 44.9 Å². The molecule has 1 aliphatic rings. The van der Waals surface area contributed by atoms with E-state index in [9.17, 15) is 0 Å². The Kier molecular flexibility index (Phi) is 2.76. The molecule has 1 aromatic carbocycles. The Morgan fingerprint density at radius 2 is 2.21 bits per heavy atom. The van der Waals surface area contributed by atoms with Gasteiger partial charge in [-0.25, -0.2) is 0 Å². The van der Waals surface area contributed by atoms with Gasteiger partial charge in [0, 0.05) is 18.2 Å². The number of para-hydroxylation sites is 1. The summed E-state index contributed by atoms with van der Waals surface area (Å²) in [6.45, 7) is 5.77. The monoisotopic (exact) mass is 189 g/mol. The second-order valence-corrected chi connectivity index (χ2v) is 4.34. The van der Waals surface area contributed by atoms with Crippen LogP contribution in [0.3, 0.4) is 0 Å². The first kappa shape index (κ1) is 9.57. The molecule has 1 N–H and O–H groups in total. The zero-order chi connectivity index (χ0) is 9.97. The van der Waals surface area contributed by atoms with E-state index in [1.165, 1.54) is 24.1 Å². The van der Waals surface area contributed by atoms with E-state index in [4.69, 9.17) is 0 Å². The Labute approximate surface area is 86.5 Å². The van der Waals surface area contributed by atoms with E-state index in [2.05, 4.69) is 43.4 Å². The Hall–Kier alpha value is -0.980. The van der Waals surface area contributed by atoms with Gasteiger partial charge in [-0.2, -0.15) is 0 Å². The van der Waals surface area contributed by atoms with Crippen molar-refractivity contribution in [3.63, 3.8) is 0 Å². The highest BCUT2D eigenvalue weighted by Crippen LogP contribution is 2.37. The Bertz CT molecular complexity index is 306. The molecule has 1 heterocycles. The third-order valence-electron chi connectivity index (χ3n) is 3.30. The summed E-state index contributed by atoms with van der Waals surface area (Å²) in [7, 11) is 0. The van der Waals surface area contributed by atoms with Crippen LogP contribution in [0, 0.1) is 5.92 Å². The molecule has 0 aromatic heterocycles. The van der Waals surface area contributed by atoms with Gasteiger partial charge in [-0.3, -0.25) is 0 Å². The van der Waals surface area contributed by atoms with Crippen LogP contribution < -0.4 is 5.32 Å². The van der Waals surface area contributed by atoms with Gasteiger partial charge < -0.3 is 5.32 Å². The molecule has 0 radical (unpaired) electrons. The van der Waals surface area contributed by atoms with Crippen LogP contribution in [-0.4, -0.2) is 6.54 Å². The summed E-state index contributed by atoms with van der Waals surface area (Å²) in [4.78, 5) is 0. The Balaban J connectivity index is 2.17. The fraction of sp³-hybridized carbons (Fsp3) is 0.538. The minimum atomic E-state index is 0.728. The van der Waals surface area contributed by atoms with Crippen LogP contribution in [0.25, 0.3) is 0 Å². The molecule has 0 saturated carbocycles. The Morgan fingerprint density at radius 3 is 3.00 bits per heavy atom. The molecule has 0 bridgehead atoms. The van der Waals surface area contributed by atoms with E-state index in [1.807, 2.05) is 0 Å². The van der Waals surface area contributed by atoms with E-state index >= 15 is 0 Å². The van der Waals surface area contributed by atoms with Gasteiger partial charge in [0.25, 0.3) is 0 Å². The van der Waals surface area contributed by atoms with Crippen molar-refractivity contribution >= 4 is 5.69 Å². The molecule has 1 nitrogen and oxygen atoms in total. The van der Waals surface area contributed by atoms with Crippen molar-refractivity contribution in [1.82, 2.24) is 0 Å². The molecule has 0 saturated heterocycles. The first-order chi connectivity index (χ1) is 6.83. The van der Waals surface area contributed by atoms with Gasteiger partial charge in [0.15, 0.2) is 0 Å². The number of benzene rings is 1. The topological polar surface area (TPSA) is 12.0 Å². The van der Waals surface area contributed by atoms with Gasteiger partial charge in [-0.15, -0.1) is 0 Å². The largest absolute Gasteiger partial charge is 0.384 e. The lowest BCUT2D eigenvalue weighted by Crippen LogP contribution is -2.11. The summed E-state index contributed by atoms with van der Waals surface area (Å²) < 4.78 is 0. The number of hydrogen-bond acceptors (Lipinski definition) is 1. The summed E-state index contributed by atoms with van der Waals surface area (Å²) in [6.07, 6.45) is 2.63. The molecule has 1 aromatic rings. The fourth-order valence-corrected chi connectivity index (χ4v) is 2.48. The molecular weight excluding hydrogens is 170 g/mol. The molecule has 2 unspecified atom stereocenters. The van der Waals surface area contributed by atoms with Gasteiger partial charge in [0.2, 0.25) is 0 Å². The molecule has 0 spiro atoms. The molecular formula is C13H19N. The van der Waals surface area contributed by atoms with E-state index in [1.54, 1.807) is 0 Å². The molecule has 14 heavy (non-hydrogen) atoms. The summed E-state index contributed by atoms with van der Waals surface area (Å²) >= 11 is 0. The molecule has 76 valence electrons. The standard InChI is InChI=1S/C13H19N/c1-3-6-10(2)12-9-14-13-8-5-4-7-11(12)13/h4-5,7-8,10,12,14H,3,6,9H2,1-2H3. The highest BCUT2D eigenvalue weighted by molar-refractivity contribution is 5.57. The van der Waals surface area contributed by atoms with Crippen LogP contribution in [0.15, 0.2) is 24.3 Å². The van der Waals surface area contributed by atoms with Crippen LogP contribution in [0.2, 0.25) is 0 Å². The zero-order valence-corrected chi connectivity index (χ0v) is 9.09. The third-order valence-corrected chi connectivity index (χ3v) is 3.30. The predicted octanol–water partition coefficient (Wildman–Crippen LogP) is 3.63. The van der Waals surface area contributed by atoms with Crippen LogP contribution in [0.5, 0.6) is 0 Å². The van der Waals surface area contributed by atoms with Crippen molar-refractivity contribution in [2.45, 2.75) is 32.6 Å². The van der Waals surface area contributed by atoms with E-state index in [-0.39, 0.29) is 0 Å². The third kappa shape index (κ3) is 1.63. The molecule has 0 aliphatic carbocycles. The second kappa shape index (κ2) is 4.04. The molecule has 2 rings (SSSR count). The van der Waals surface area contributed by atoms with Crippen LogP contribution >= 0.6 is 0 Å². The maximum absolute atomic E-state index is 3.49. The van der Waals surface area contributed by atoms with Crippen LogP contribution in [0.4, 0.5) is 5.69 Å². The van der Waals surface area contributed by atoms with Crippen molar-refractivity contribution in [1.29, 1.82) is 0 Å². The first-order valence-electron chi connectivity index (χ1n) is 5.65. The average molecular weight is 189 g/mol. The quantitative estimate of drug-likeness (QED) is 0.765. The van der Waals surface area contributed by atoms with Crippen molar-refractivity contribution in [2.24, 2.45) is 5.92 Å². The number of rotatable bonds is 3. The molecule has 0 amide bonds. The van der Waals surface area contributed by atoms with Crippen molar-refractivity contribution in [3.05, 3.63) is 29.8 Å². The summed E-state index contributed by atoms with van der Waals surface area (Å²) in [5, 5.41) is 3.49. The van der Waals surface area contributed by atoms with Gasteiger partial charge in [0.05, 0.1) is 0 Å². The van der Waals surface area contributed by atoms with E-state index in [0.29, 0.717) is 0 Å². The summed E-state index contributed by atoms with van der Waals surface area (Å²) in [6, 6.07) is 8.72. The molecule has 1 heteroatoms. The van der Waals surface area contributed by atoms with E-state index in [0.717, 1.165) is 18.4 Å². The van der Waals surface area contributed by atoms with Crippen molar-refractivity contribution < 1.29 is 0 Å². The summed E-state index contributed by atoms with van der Waals surface area (Å²) in [5.41, 5.74) is 2.87. The van der Waals surface area contributed by atoms with Crippen molar-refractivity contribution in [2.75, 3.05) is 11.9 Å². The minimum absolute atomic E-state index is 0.728. The highest BCUT2D eigenvalue weighted by Gasteiger charge is 2.25. The lowest BCUT2D eigenvalue weighted by atomic mass is 9.86. The lowest BCUT2D eigenvalue weighted by molar-refractivity contribution is 0.447. The number of anilines is 1. The number of hydrogen-bond donors (Lipinski definition) is 1. The van der Waals surface area contributed by atoms with Crippen LogP contribution in [0.1, 0.15) is 38.2 Å². The lowest BCUT2D eigenvalue weighted by Gasteiger charge is -2.18. The van der Waals surface area contributed by atoms with E-state index < -0.39 is 0 Å². The average Bonchev–Trinajstić information content (AvgIpc) is 2.61. The number of nitrogens with one attached hydrogen (secondary N) is 1. The van der Waals surface area contributed by atoms with Gasteiger partial charge >= 0.3 is 0 Å². The van der Waals surface area contributed by atoms with Crippen LogP contribution in [-0.2, 0) is 0 Å². The van der Waals surface area contributed by atoms with Crippen molar-refractivity contribution in [3.8, 4) is 0 Å². The minimum Gasteiger partial charge on any atom is -0.384 e. The maximum Gasteiger partial charge on any atom is 0.0376 e. The SMILES string of the molecule is CCCC(C)C1CNc2ccccc21. The predicted molar refractivity (Wildman–Crippen MR) is 61.7 cm³/mol. The highest BCUT2D eigenvalue weighted by atomic mass is 14.9. The molecule has 1 aliphatic heterocycles. The van der Waals surface area contributed by atoms with Gasteiger partial charge in [0.1, 0.15) is 0 Å².